The van der Waals surface area contributed by atoms with E-state index in [9.17, 15) is 9.59 Å². The molecule has 4 nitrogen and oxygen atoms in total. The zero-order valence-electron chi connectivity index (χ0n) is 8.20. The van der Waals surface area contributed by atoms with Crippen molar-refractivity contribution in [2.45, 2.75) is 51.0 Å². The fourth-order valence-electron chi connectivity index (χ4n) is 1.63. The Morgan fingerprint density at radius 2 is 1.86 bits per heavy atom. The van der Waals surface area contributed by atoms with Crippen molar-refractivity contribution in [2.24, 2.45) is 0 Å². The minimum absolute atomic E-state index is 0.0414. The molecule has 80 valence electrons. The Morgan fingerprint density at radius 1 is 1.21 bits per heavy atom. The first-order chi connectivity index (χ1) is 6.68. The Hall–Kier alpha value is -1.06. The molecule has 0 aromatic carbocycles. The molecular weight excluding hydrogens is 184 g/mol. The van der Waals surface area contributed by atoms with Crippen LogP contribution in [0.2, 0.25) is 0 Å². The summed E-state index contributed by atoms with van der Waals surface area (Å²) in [6.45, 7) is 0. The second-order valence-corrected chi connectivity index (χ2v) is 3.64. The fraction of sp³-hybridized carbons (Fsp3) is 0.800. The lowest BCUT2D eigenvalue weighted by Gasteiger charge is -2.10. The van der Waals surface area contributed by atoms with E-state index in [4.69, 9.17) is 9.84 Å². The standard InChI is InChI=1S/C10H16O4/c11-9(12)6-3-7-10(13)14-8-4-1-2-5-8/h8H,1-7H2,(H,11,12). The molecule has 0 heterocycles. The van der Waals surface area contributed by atoms with E-state index >= 15 is 0 Å². The number of carbonyl (C=O) groups excluding carboxylic acids is 1. The summed E-state index contributed by atoms with van der Waals surface area (Å²) in [6, 6.07) is 0. The largest absolute Gasteiger partial charge is 0.481 e. The van der Waals surface area contributed by atoms with Crippen LogP contribution in [0, 0.1) is 0 Å². The molecule has 1 rings (SSSR count). The number of aliphatic carboxylic acids is 1. The number of hydrogen-bond donors (Lipinski definition) is 1. The summed E-state index contributed by atoms with van der Waals surface area (Å²) in [5.74, 6) is -1.11. The molecule has 0 unspecified atom stereocenters. The minimum atomic E-state index is -0.862. The predicted octanol–water partition coefficient (Wildman–Crippen LogP) is 1.73. The van der Waals surface area contributed by atoms with E-state index in [0.717, 1.165) is 25.7 Å². The highest BCUT2D eigenvalue weighted by Gasteiger charge is 2.18. The maximum atomic E-state index is 11.2. The number of hydrogen-bond acceptors (Lipinski definition) is 3. The van der Waals surface area contributed by atoms with Gasteiger partial charge in [-0.15, -0.1) is 0 Å². The average molecular weight is 200 g/mol. The monoisotopic (exact) mass is 200 g/mol. The van der Waals surface area contributed by atoms with Gasteiger partial charge in [-0.05, 0) is 32.1 Å². The molecule has 0 bridgehead atoms. The number of ether oxygens (including phenoxy) is 1. The van der Waals surface area contributed by atoms with E-state index in [2.05, 4.69) is 0 Å². The van der Waals surface area contributed by atoms with Crippen molar-refractivity contribution in [3.8, 4) is 0 Å². The van der Waals surface area contributed by atoms with Gasteiger partial charge in [-0.25, -0.2) is 0 Å². The van der Waals surface area contributed by atoms with E-state index in [1.54, 1.807) is 0 Å². The van der Waals surface area contributed by atoms with Crippen LogP contribution in [0.1, 0.15) is 44.9 Å². The molecule has 0 spiro atoms. The maximum Gasteiger partial charge on any atom is 0.306 e. The third-order valence-corrected chi connectivity index (χ3v) is 2.37. The van der Waals surface area contributed by atoms with Crippen LogP contribution in [0.3, 0.4) is 0 Å². The Kier molecular flexibility index (Phi) is 4.43. The van der Waals surface area contributed by atoms with Crippen molar-refractivity contribution in [2.75, 3.05) is 0 Å². The zero-order chi connectivity index (χ0) is 10.4. The predicted molar refractivity (Wildman–Crippen MR) is 49.8 cm³/mol. The Bertz CT molecular complexity index is 206. The van der Waals surface area contributed by atoms with Crippen molar-refractivity contribution >= 4 is 11.9 Å². The molecule has 4 heteroatoms. The summed E-state index contributed by atoms with van der Waals surface area (Å²) in [5.41, 5.74) is 0. The normalized spacial score (nSPS) is 16.9. The quantitative estimate of drug-likeness (QED) is 0.686. The molecule has 1 aliphatic carbocycles. The topological polar surface area (TPSA) is 63.6 Å². The molecule has 0 aromatic rings. The van der Waals surface area contributed by atoms with Crippen LogP contribution in [0.4, 0.5) is 0 Å². The SMILES string of the molecule is O=C(O)CCCC(=O)OC1CCCC1. The molecule has 0 amide bonds. The average Bonchev–Trinajstić information content (AvgIpc) is 2.56. The van der Waals surface area contributed by atoms with Crippen molar-refractivity contribution < 1.29 is 19.4 Å². The molecule has 1 N–H and O–H groups in total. The zero-order valence-corrected chi connectivity index (χ0v) is 8.20. The number of rotatable bonds is 5. The van der Waals surface area contributed by atoms with Gasteiger partial charge in [0.15, 0.2) is 0 Å². The van der Waals surface area contributed by atoms with Crippen molar-refractivity contribution in [1.82, 2.24) is 0 Å². The molecule has 14 heavy (non-hydrogen) atoms. The lowest BCUT2D eigenvalue weighted by atomic mass is 10.2. The van der Waals surface area contributed by atoms with Gasteiger partial charge in [0.2, 0.25) is 0 Å². The number of carboxylic acid groups (broad SMARTS) is 1. The van der Waals surface area contributed by atoms with Crippen LogP contribution >= 0.6 is 0 Å². The van der Waals surface area contributed by atoms with E-state index in [-0.39, 0.29) is 24.9 Å². The van der Waals surface area contributed by atoms with Gasteiger partial charge in [0.1, 0.15) is 6.10 Å². The number of carbonyl (C=O) groups is 2. The lowest BCUT2D eigenvalue weighted by Crippen LogP contribution is -2.14. The maximum absolute atomic E-state index is 11.2. The highest BCUT2D eigenvalue weighted by molar-refractivity contribution is 5.71. The summed E-state index contributed by atoms with van der Waals surface area (Å²) >= 11 is 0. The van der Waals surface area contributed by atoms with Crippen molar-refractivity contribution in [3.05, 3.63) is 0 Å². The van der Waals surface area contributed by atoms with Gasteiger partial charge in [-0.3, -0.25) is 9.59 Å². The molecule has 0 aromatic heterocycles. The molecular formula is C10H16O4. The Labute approximate surface area is 83.2 Å². The van der Waals surface area contributed by atoms with Gasteiger partial charge >= 0.3 is 11.9 Å². The Morgan fingerprint density at radius 3 is 2.43 bits per heavy atom. The first-order valence-electron chi connectivity index (χ1n) is 5.10. The highest BCUT2D eigenvalue weighted by atomic mass is 16.5. The lowest BCUT2D eigenvalue weighted by molar-refractivity contribution is -0.149. The van der Waals surface area contributed by atoms with Crippen LogP contribution in [0.25, 0.3) is 0 Å². The summed E-state index contributed by atoms with van der Waals surface area (Å²) < 4.78 is 5.16. The summed E-state index contributed by atoms with van der Waals surface area (Å²) in [7, 11) is 0. The Balaban J connectivity index is 2.06. The van der Waals surface area contributed by atoms with Crippen LogP contribution in [0.15, 0.2) is 0 Å². The van der Waals surface area contributed by atoms with Crippen molar-refractivity contribution in [3.63, 3.8) is 0 Å². The van der Waals surface area contributed by atoms with E-state index in [1.807, 2.05) is 0 Å². The fourth-order valence-corrected chi connectivity index (χ4v) is 1.63. The minimum Gasteiger partial charge on any atom is -0.481 e. The molecule has 0 aliphatic heterocycles. The third-order valence-electron chi connectivity index (χ3n) is 2.37. The van der Waals surface area contributed by atoms with Gasteiger partial charge < -0.3 is 9.84 Å². The van der Waals surface area contributed by atoms with Crippen molar-refractivity contribution in [1.29, 1.82) is 0 Å². The van der Waals surface area contributed by atoms with Crippen LogP contribution in [0.5, 0.6) is 0 Å². The summed E-state index contributed by atoms with van der Waals surface area (Å²) in [4.78, 5) is 21.3. The highest BCUT2D eigenvalue weighted by Crippen LogP contribution is 2.21. The molecule has 1 aliphatic rings. The van der Waals surface area contributed by atoms with Gasteiger partial charge in [0.05, 0.1) is 0 Å². The van der Waals surface area contributed by atoms with Gasteiger partial charge in [0.25, 0.3) is 0 Å². The molecule has 0 radical (unpaired) electrons. The third kappa shape index (κ3) is 4.25. The van der Waals surface area contributed by atoms with Crippen LogP contribution in [-0.4, -0.2) is 23.1 Å². The van der Waals surface area contributed by atoms with Crippen LogP contribution < -0.4 is 0 Å². The molecule has 0 saturated heterocycles. The summed E-state index contributed by atoms with van der Waals surface area (Å²) in [6.07, 6.45) is 4.92. The summed E-state index contributed by atoms with van der Waals surface area (Å²) in [5, 5.41) is 8.36. The van der Waals surface area contributed by atoms with E-state index in [0.29, 0.717) is 6.42 Å². The molecule has 1 fully saturated rings. The molecule has 0 atom stereocenters. The number of esters is 1. The van der Waals surface area contributed by atoms with Gasteiger partial charge in [-0.2, -0.15) is 0 Å². The second-order valence-electron chi connectivity index (χ2n) is 3.64. The first-order valence-corrected chi connectivity index (χ1v) is 5.10. The van der Waals surface area contributed by atoms with E-state index in [1.165, 1.54) is 0 Å². The van der Waals surface area contributed by atoms with Gasteiger partial charge in [0, 0.05) is 12.8 Å². The second kappa shape index (κ2) is 5.62. The van der Waals surface area contributed by atoms with Gasteiger partial charge in [-0.1, -0.05) is 0 Å². The van der Waals surface area contributed by atoms with E-state index < -0.39 is 5.97 Å². The first kappa shape index (κ1) is 11.0. The molecule has 1 saturated carbocycles. The smallest absolute Gasteiger partial charge is 0.306 e. The number of carboxylic acids is 1. The van der Waals surface area contributed by atoms with Crippen LogP contribution in [-0.2, 0) is 14.3 Å².